The predicted molar refractivity (Wildman–Crippen MR) is 93.7 cm³/mol. The second-order valence-corrected chi connectivity index (χ2v) is 6.83. The highest BCUT2D eigenvalue weighted by atomic mass is 16.5. The van der Waals surface area contributed by atoms with E-state index in [2.05, 4.69) is 34.3 Å². The Morgan fingerprint density at radius 1 is 1.29 bits per heavy atom. The first-order chi connectivity index (χ1) is 11.7. The van der Waals surface area contributed by atoms with Gasteiger partial charge in [0.1, 0.15) is 0 Å². The lowest BCUT2D eigenvalue weighted by Crippen LogP contribution is -2.39. The molecule has 0 bridgehead atoms. The van der Waals surface area contributed by atoms with Crippen LogP contribution in [0.3, 0.4) is 0 Å². The van der Waals surface area contributed by atoms with E-state index in [0.29, 0.717) is 24.8 Å². The molecule has 0 spiro atoms. The average molecular weight is 336 g/mol. The Morgan fingerprint density at radius 3 is 2.83 bits per heavy atom. The van der Waals surface area contributed by atoms with Gasteiger partial charge in [-0.25, -0.2) is 0 Å². The Bertz CT molecular complexity index is 483. The number of carbonyl (C=O) groups excluding carboxylic acids is 1. The lowest BCUT2D eigenvalue weighted by molar-refractivity contribution is -0.121. The number of hydrogen-bond donors (Lipinski definition) is 1. The van der Waals surface area contributed by atoms with Crippen LogP contribution in [0, 0.1) is 0 Å². The Labute approximate surface area is 145 Å². The number of aryl methyl sites for hydroxylation is 2. The molecule has 1 aromatic heterocycles. The van der Waals surface area contributed by atoms with Gasteiger partial charge in [-0.3, -0.25) is 4.79 Å². The largest absolute Gasteiger partial charge is 0.355 e. The zero-order chi connectivity index (χ0) is 17.2. The molecule has 6 nitrogen and oxygen atoms in total. The van der Waals surface area contributed by atoms with E-state index in [0.717, 1.165) is 38.2 Å². The van der Waals surface area contributed by atoms with Crippen LogP contribution in [0.1, 0.15) is 70.0 Å². The van der Waals surface area contributed by atoms with E-state index in [1.165, 1.54) is 32.1 Å². The van der Waals surface area contributed by atoms with Crippen molar-refractivity contribution in [2.45, 2.75) is 77.2 Å². The zero-order valence-corrected chi connectivity index (χ0v) is 15.2. The third kappa shape index (κ3) is 6.59. The van der Waals surface area contributed by atoms with Crippen molar-refractivity contribution >= 4 is 5.91 Å². The predicted octanol–water partition coefficient (Wildman–Crippen LogP) is 2.73. The minimum atomic E-state index is 0.111. The number of nitrogens with one attached hydrogen (secondary N) is 1. The summed E-state index contributed by atoms with van der Waals surface area (Å²) in [5, 5.41) is 6.94. The molecule has 1 amide bonds. The van der Waals surface area contributed by atoms with E-state index in [1.54, 1.807) is 0 Å². The van der Waals surface area contributed by atoms with E-state index in [4.69, 9.17) is 4.52 Å². The molecule has 1 aliphatic carbocycles. The van der Waals surface area contributed by atoms with Crippen LogP contribution in [-0.2, 0) is 17.6 Å². The van der Waals surface area contributed by atoms with E-state index < -0.39 is 0 Å². The van der Waals surface area contributed by atoms with Gasteiger partial charge in [0.05, 0.1) is 0 Å². The van der Waals surface area contributed by atoms with Crippen LogP contribution < -0.4 is 5.32 Å². The van der Waals surface area contributed by atoms with E-state index in [-0.39, 0.29) is 5.91 Å². The second-order valence-electron chi connectivity index (χ2n) is 6.83. The highest BCUT2D eigenvalue weighted by molar-refractivity contribution is 5.75. The molecule has 1 fully saturated rings. The van der Waals surface area contributed by atoms with Gasteiger partial charge in [0.25, 0.3) is 0 Å². The fourth-order valence-corrected chi connectivity index (χ4v) is 3.28. The minimum Gasteiger partial charge on any atom is -0.355 e. The maximum absolute atomic E-state index is 11.9. The van der Waals surface area contributed by atoms with Gasteiger partial charge in [0.2, 0.25) is 11.8 Å². The van der Waals surface area contributed by atoms with Gasteiger partial charge < -0.3 is 14.7 Å². The summed E-state index contributed by atoms with van der Waals surface area (Å²) in [4.78, 5) is 18.6. The molecule has 0 aliphatic heterocycles. The zero-order valence-electron chi connectivity index (χ0n) is 15.2. The summed E-state index contributed by atoms with van der Waals surface area (Å²) in [5.41, 5.74) is 0. The molecular weight excluding hydrogens is 304 g/mol. The fraction of sp³-hybridized carbons (Fsp3) is 0.833. The van der Waals surface area contributed by atoms with Crippen LogP contribution >= 0.6 is 0 Å². The minimum absolute atomic E-state index is 0.111. The monoisotopic (exact) mass is 336 g/mol. The Morgan fingerprint density at radius 2 is 2.08 bits per heavy atom. The molecule has 1 aliphatic rings. The van der Waals surface area contributed by atoms with Crippen molar-refractivity contribution in [2.75, 3.05) is 20.1 Å². The van der Waals surface area contributed by atoms with Gasteiger partial charge in [0, 0.05) is 38.4 Å². The van der Waals surface area contributed by atoms with Crippen LogP contribution in [0.25, 0.3) is 0 Å². The van der Waals surface area contributed by atoms with E-state index in [9.17, 15) is 4.79 Å². The van der Waals surface area contributed by atoms with Crippen molar-refractivity contribution in [1.29, 1.82) is 0 Å². The summed E-state index contributed by atoms with van der Waals surface area (Å²) >= 11 is 0. The lowest BCUT2D eigenvalue weighted by Gasteiger charge is -2.31. The number of likely N-dealkylation sites (N-methyl/N-ethyl adjacent to an activating group) is 1. The van der Waals surface area contributed by atoms with Gasteiger partial charge >= 0.3 is 0 Å². The number of carbonyl (C=O) groups is 1. The molecule has 1 aromatic rings. The normalized spacial score (nSPS) is 15.8. The first kappa shape index (κ1) is 18.9. The number of nitrogens with zero attached hydrogens (tertiary/aromatic N) is 3. The van der Waals surface area contributed by atoms with E-state index in [1.807, 2.05) is 0 Å². The summed E-state index contributed by atoms with van der Waals surface area (Å²) in [7, 11) is 2.17. The molecular formula is C18H32N4O2. The molecule has 2 rings (SSSR count). The third-order valence-electron chi connectivity index (χ3n) is 4.76. The van der Waals surface area contributed by atoms with E-state index >= 15 is 0 Å². The fourth-order valence-electron chi connectivity index (χ4n) is 3.28. The van der Waals surface area contributed by atoms with Crippen molar-refractivity contribution in [3.05, 3.63) is 11.7 Å². The van der Waals surface area contributed by atoms with Crippen molar-refractivity contribution in [3.8, 4) is 0 Å². The van der Waals surface area contributed by atoms with Gasteiger partial charge in [-0.1, -0.05) is 31.3 Å². The van der Waals surface area contributed by atoms with Crippen LogP contribution in [0.4, 0.5) is 0 Å². The molecule has 1 saturated carbocycles. The summed E-state index contributed by atoms with van der Waals surface area (Å²) in [5.74, 6) is 1.52. The summed E-state index contributed by atoms with van der Waals surface area (Å²) in [6, 6.07) is 0.700. The number of aromatic nitrogens is 2. The van der Waals surface area contributed by atoms with Crippen LogP contribution in [0.5, 0.6) is 0 Å². The lowest BCUT2D eigenvalue weighted by atomic mass is 9.94. The van der Waals surface area contributed by atoms with Crippen molar-refractivity contribution in [1.82, 2.24) is 20.4 Å². The van der Waals surface area contributed by atoms with Crippen LogP contribution in [0.15, 0.2) is 4.52 Å². The van der Waals surface area contributed by atoms with Crippen LogP contribution in [-0.4, -0.2) is 47.1 Å². The quantitative estimate of drug-likeness (QED) is 0.711. The van der Waals surface area contributed by atoms with Gasteiger partial charge in [0.15, 0.2) is 5.82 Å². The maximum Gasteiger partial charge on any atom is 0.226 e. The topological polar surface area (TPSA) is 71.3 Å². The van der Waals surface area contributed by atoms with Gasteiger partial charge in [-0.2, -0.15) is 4.98 Å². The molecule has 1 heterocycles. The molecule has 6 heteroatoms. The summed E-state index contributed by atoms with van der Waals surface area (Å²) in [6.07, 6.45) is 10.5. The standard InChI is InChI=1S/C18H32N4O2/c1-3-8-16-20-18(24-21-16)12-7-11-17(23)19-13-14-22(2)15-9-5-4-6-10-15/h15H,3-14H2,1-2H3,(H,19,23). The van der Waals surface area contributed by atoms with Crippen molar-refractivity contribution in [3.63, 3.8) is 0 Å². The molecule has 0 atom stereocenters. The Balaban J connectivity index is 1.54. The van der Waals surface area contributed by atoms with Crippen molar-refractivity contribution < 1.29 is 9.32 Å². The number of amides is 1. The average Bonchev–Trinajstić information content (AvgIpc) is 3.03. The maximum atomic E-state index is 11.9. The summed E-state index contributed by atoms with van der Waals surface area (Å²) in [6.45, 7) is 3.75. The van der Waals surface area contributed by atoms with Gasteiger partial charge in [-0.15, -0.1) is 0 Å². The highest BCUT2D eigenvalue weighted by Gasteiger charge is 2.17. The highest BCUT2D eigenvalue weighted by Crippen LogP contribution is 2.21. The first-order valence-corrected chi connectivity index (χ1v) is 9.47. The Hall–Kier alpha value is -1.43. The molecule has 0 aromatic carbocycles. The smallest absolute Gasteiger partial charge is 0.226 e. The summed E-state index contributed by atoms with van der Waals surface area (Å²) < 4.78 is 5.18. The Kier molecular flexibility index (Phi) is 8.22. The number of rotatable bonds is 10. The van der Waals surface area contributed by atoms with Crippen LogP contribution in [0.2, 0.25) is 0 Å². The molecule has 136 valence electrons. The molecule has 0 unspecified atom stereocenters. The molecule has 1 N–H and O–H groups in total. The SMILES string of the molecule is CCCc1noc(CCCC(=O)NCCN(C)C2CCCCC2)n1. The molecule has 24 heavy (non-hydrogen) atoms. The third-order valence-corrected chi connectivity index (χ3v) is 4.76. The van der Waals surface area contributed by atoms with Crippen molar-refractivity contribution in [2.24, 2.45) is 0 Å². The molecule has 0 saturated heterocycles. The van der Waals surface area contributed by atoms with Gasteiger partial charge in [-0.05, 0) is 32.7 Å². The first-order valence-electron chi connectivity index (χ1n) is 9.47. The second kappa shape index (κ2) is 10.4. The molecule has 0 radical (unpaired) electrons. The number of hydrogen-bond acceptors (Lipinski definition) is 5.